The molecule has 0 atom stereocenters. The Kier molecular flexibility index (Phi) is 6.98. The van der Waals surface area contributed by atoms with Crippen LogP contribution in [0, 0.1) is 0 Å². The average Bonchev–Trinajstić information content (AvgIpc) is 2.02. The summed E-state index contributed by atoms with van der Waals surface area (Å²) in [4.78, 5) is 11.1. The standard InChI is InChI=1S/C11H19NO/c1-4-5-6-7-8-12-11(13)9-10(2)3/h4H,1-2,5-9H2,3H3,(H,12,13). The van der Waals surface area contributed by atoms with Gasteiger partial charge >= 0.3 is 0 Å². The van der Waals surface area contributed by atoms with Gasteiger partial charge in [0.25, 0.3) is 0 Å². The fourth-order valence-electron chi connectivity index (χ4n) is 0.978. The quantitative estimate of drug-likeness (QED) is 0.474. The maximum atomic E-state index is 11.1. The van der Waals surface area contributed by atoms with Crippen molar-refractivity contribution in [3.8, 4) is 0 Å². The SMILES string of the molecule is C=CCCCCNC(=O)CC(=C)C. The van der Waals surface area contributed by atoms with E-state index in [1.807, 2.05) is 13.0 Å². The fourth-order valence-corrected chi connectivity index (χ4v) is 0.978. The number of hydrogen-bond acceptors (Lipinski definition) is 1. The molecule has 0 spiro atoms. The van der Waals surface area contributed by atoms with Crippen LogP contribution in [0.1, 0.15) is 32.6 Å². The Morgan fingerprint density at radius 1 is 1.46 bits per heavy atom. The van der Waals surface area contributed by atoms with E-state index < -0.39 is 0 Å². The Morgan fingerprint density at radius 3 is 2.69 bits per heavy atom. The Hall–Kier alpha value is -1.05. The first-order valence-corrected chi connectivity index (χ1v) is 4.68. The van der Waals surface area contributed by atoms with Crippen molar-refractivity contribution in [1.82, 2.24) is 5.32 Å². The highest BCUT2D eigenvalue weighted by molar-refractivity contribution is 5.78. The molecule has 1 N–H and O–H groups in total. The number of allylic oxidation sites excluding steroid dienone is 1. The van der Waals surface area contributed by atoms with E-state index in [9.17, 15) is 4.79 Å². The number of amides is 1. The Bertz CT molecular complexity index is 185. The molecule has 0 saturated heterocycles. The average molecular weight is 181 g/mol. The van der Waals surface area contributed by atoms with Gasteiger partial charge in [0.1, 0.15) is 0 Å². The lowest BCUT2D eigenvalue weighted by atomic mass is 10.2. The van der Waals surface area contributed by atoms with Gasteiger partial charge in [-0.25, -0.2) is 0 Å². The molecule has 0 heterocycles. The number of hydrogen-bond donors (Lipinski definition) is 1. The molecule has 0 aliphatic heterocycles. The van der Waals surface area contributed by atoms with E-state index in [0.29, 0.717) is 6.42 Å². The summed E-state index contributed by atoms with van der Waals surface area (Å²) in [6.45, 7) is 9.93. The van der Waals surface area contributed by atoms with Crippen LogP contribution in [0.25, 0.3) is 0 Å². The predicted molar refractivity (Wildman–Crippen MR) is 56.5 cm³/mol. The van der Waals surface area contributed by atoms with Crippen molar-refractivity contribution < 1.29 is 4.79 Å². The topological polar surface area (TPSA) is 29.1 Å². The molecular formula is C11H19NO. The summed E-state index contributed by atoms with van der Waals surface area (Å²) in [6, 6.07) is 0. The van der Waals surface area contributed by atoms with Gasteiger partial charge in [-0.3, -0.25) is 4.79 Å². The van der Waals surface area contributed by atoms with Crippen molar-refractivity contribution in [2.75, 3.05) is 6.54 Å². The molecular weight excluding hydrogens is 162 g/mol. The van der Waals surface area contributed by atoms with Gasteiger partial charge in [0.2, 0.25) is 5.91 Å². The summed E-state index contributed by atoms with van der Waals surface area (Å²) in [5.41, 5.74) is 0.906. The first-order chi connectivity index (χ1) is 6.16. The zero-order valence-corrected chi connectivity index (χ0v) is 8.44. The van der Waals surface area contributed by atoms with Crippen LogP contribution in [0.4, 0.5) is 0 Å². The molecule has 0 rings (SSSR count). The third kappa shape index (κ3) is 8.86. The molecule has 0 aromatic rings. The molecule has 0 aliphatic rings. The first-order valence-electron chi connectivity index (χ1n) is 4.68. The van der Waals surface area contributed by atoms with Gasteiger partial charge in [-0.05, 0) is 26.2 Å². The van der Waals surface area contributed by atoms with Crippen molar-refractivity contribution in [2.24, 2.45) is 0 Å². The van der Waals surface area contributed by atoms with Crippen molar-refractivity contribution in [2.45, 2.75) is 32.6 Å². The molecule has 0 aromatic carbocycles. The van der Waals surface area contributed by atoms with E-state index in [0.717, 1.165) is 31.4 Å². The Labute approximate surface area is 80.7 Å². The molecule has 1 amide bonds. The van der Waals surface area contributed by atoms with Crippen LogP contribution in [-0.2, 0) is 4.79 Å². The van der Waals surface area contributed by atoms with Gasteiger partial charge in [-0.1, -0.05) is 18.2 Å². The van der Waals surface area contributed by atoms with Gasteiger partial charge in [0.15, 0.2) is 0 Å². The predicted octanol–water partition coefficient (Wildman–Crippen LogP) is 2.43. The summed E-state index contributed by atoms with van der Waals surface area (Å²) < 4.78 is 0. The number of carbonyl (C=O) groups excluding carboxylic acids is 1. The van der Waals surface area contributed by atoms with Gasteiger partial charge in [-0.2, -0.15) is 0 Å². The third-order valence-electron chi connectivity index (χ3n) is 1.62. The maximum Gasteiger partial charge on any atom is 0.224 e. The lowest BCUT2D eigenvalue weighted by Gasteiger charge is -2.03. The summed E-state index contributed by atoms with van der Waals surface area (Å²) in [5.74, 6) is 0.0751. The van der Waals surface area contributed by atoms with Crippen LogP contribution < -0.4 is 5.32 Å². The largest absolute Gasteiger partial charge is 0.356 e. The van der Waals surface area contributed by atoms with Crippen molar-refractivity contribution >= 4 is 5.91 Å². The smallest absolute Gasteiger partial charge is 0.224 e. The molecule has 74 valence electrons. The van der Waals surface area contributed by atoms with Crippen LogP contribution in [-0.4, -0.2) is 12.5 Å². The van der Waals surface area contributed by atoms with E-state index in [4.69, 9.17) is 0 Å². The van der Waals surface area contributed by atoms with Gasteiger partial charge in [0, 0.05) is 13.0 Å². The van der Waals surface area contributed by atoms with Crippen LogP contribution in [0.2, 0.25) is 0 Å². The van der Waals surface area contributed by atoms with E-state index in [1.54, 1.807) is 0 Å². The summed E-state index contributed by atoms with van der Waals surface area (Å²) >= 11 is 0. The molecule has 2 heteroatoms. The molecule has 2 nitrogen and oxygen atoms in total. The second-order valence-electron chi connectivity index (χ2n) is 3.27. The first kappa shape index (κ1) is 11.9. The number of rotatable bonds is 7. The second-order valence-corrected chi connectivity index (χ2v) is 3.27. The molecule has 0 fully saturated rings. The molecule has 0 saturated carbocycles. The molecule has 0 radical (unpaired) electrons. The van der Waals surface area contributed by atoms with E-state index in [2.05, 4.69) is 18.5 Å². The van der Waals surface area contributed by atoms with Gasteiger partial charge in [-0.15, -0.1) is 6.58 Å². The van der Waals surface area contributed by atoms with Crippen molar-refractivity contribution in [1.29, 1.82) is 0 Å². The van der Waals surface area contributed by atoms with Crippen LogP contribution >= 0.6 is 0 Å². The summed E-state index contributed by atoms with van der Waals surface area (Å²) in [7, 11) is 0. The van der Waals surface area contributed by atoms with E-state index >= 15 is 0 Å². The van der Waals surface area contributed by atoms with E-state index in [1.165, 1.54) is 0 Å². The van der Waals surface area contributed by atoms with Crippen molar-refractivity contribution in [3.63, 3.8) is 0 Å². The number of nitrogens with one attached hydrogen (secondary N) is 1. The summed E-state index contributed by atoms with van der Waals surface area (Å²) in [6.07, 6.45) is 5.48. The van der Waals surface area contributed by atoms with Gasteiger partial charge in [0.05, 0.1) is 0 Å². The molecule has 0 aliphatic carbocycles. The van der Waals surface area contributed by atoms with Crippen LogP contribution in [0.15, 0.2) is 24.8 Å². The zero-order chi connectivity index (χ0) is 10.1. The Morgan fingerprint density at radius 2 is 2.15 bits per heavy atom. The van der Waals surface area contributed by atoms with Crippen LogP contribution in [0.3, 0.4) is 0 Å². The minimum atomic E-state index is 0.0751. The zero-order valence-electron chi connectivity index (χ0n) is 8.44. The normalized spacial score (nSPS) is 9.31. The van der Waals surface area contributed by atoms with Gasteiger partial charge < -0.3 is 5.32 Å². The number of unbranched alkanes of at least 4 members (excludes halogenated alkanes) is 2. The lowest BCUT2D eigenvalue weighted by Crippen LogP contribution is -2.24. The van der Waals surface area contributed by atoms with E-state index in [-0.39, 0.29) is 5.91 Å². The summed E-state index contributed by atoms with van der Waals surface area (Å²) in [5, 5.41) is 2.84. The molecule has 0 bridgehead atoms. The highest BCUT2D eigenvalue weighted by Crippen LogP contribution is 1.96. The molecule has 13 heavy (non-hydrogen) atoms. The Balaban J connectivity index is 3.26. The fraction of sp³-hybridized carbons (Fsp3) is 0.545. The second kappa shape index (κ2) is 7.59. The lowest BCUT2D eigenvalue weighted by molar-refractivity contribution is -0.120. The molecule has 0 unspecified atom stereocenters. The highest BCUT2D eigenvalue weighted by atomic mass is 16.1. The third-order valence-corrected chi connectivity index (χ3v) is 1.62. The van der Waals surface area contributed by atoms with Crippen LogP contribution in [0.5, 0.6) is 0 Å². The number of carbonyl (C=O) groups is 1. The minimum Gasteiger partial charge on any atom is -0.356 e. The van der Waals surface area contributed by atoms with Crippen molar-refractivity contribution in [3.05, 3.63) is 24.8 Å². The molecule has 0 aromatic heterocycles. The maximum absolute atomic E-state index is 11.1. The minimum absolute atomic E-state index is 0.0751. The monoisotopic (exact) mass is 181 g/mol. The highest BCUT2D eigenvalue weighted by Gasteiger charge is 1.98.